The van der Waals surface area contributed by atoms with Crippen LogP contribution in [0.15, 0.2) is 59.9 Å². The third-order valence-electron chi connectivity index (χ3n) is 7.16. The number of likely N-dealkylation sites (tertiary alicyclic amines) is 1. The Hall–Kier alpha value is -2.04. The largest absolute Gasteiger partial charge is 0.497 e. The number of para-hydroxylation sites is 1. The molecule has 0 aromatic heterocycles. The van der Waals surface area contributed by atoms with Gasteiger partial charge in [0.2, 0.25) is 0 Å². The van der Waals surface area contributed by atoms with Crippen LogP contribution in [0.3, 0.4) is 0 Å². The molecule has 2 fully saturated rings. The smallest absolute Gasteiger partial charge is 0.115 e. The van der Waals surface area contributed by atoms with E-state index in [2.05, 4.69) is 77.1 Å². The van der Waals surface area contributed by atoms with E-state index in [1.807, 2.05) is 13.8 Å². The quantitative estimate of drug-likeness (QED) is 0.613. The molecule has 2 heterocycles. The summed E-state index contributed by atoms with van der Waals surface area (Å²) < 4.78 is 5.39. The molecule has 2 saturated heterocycles. The van der Waals surface area contributed by atoms with Crippen molar-refractivity contribution < 1.29 is 4.74 Å². The lowest BCUT2D eigenvalue weighted by Crippen LogP contribution is -2.54. The standard InChI is InChI=1S/C26H37N3O.C2H6/c1-21-7-4-5-10-26(21)29-19-17-28(18-20-29)24-13-15-27(16-14-24)22(2)23-8-6-9-25(30-3)12-11-23;1-2/h4-5,7-12,22,24H,6,13-20H2,1-3H3;1-2H3. The molecule has 1 unspecified atom stereocenters. The number of benzene rings is 1. The van der Waals surface area contributed by atoms with Crippen molar-refractivity contribution >= 4 is 5.69 Å². The molecule has 1 atom stereocenters. The number of hydrogen-bond donors (Lipinski definition) is 0. The molecule has 1 aromatic rings. The Morgan fingerprint density at radius 3 is 2.25 bits per heavy atom. The third kappa shape index (κ3) is 6.05. The minimum absolute atomic E-state index is 0.477. The lowest BCUT2D eigenvalue weighted by Gasteiger charge is -2.44. The van der Waals surface area contributed by atoms with Crippen molar-refractivity contribution in [3.8, 4) is 0 Å². The van der Waals surface area contributed by atoms with E-state index in [-0.39, 0.29) is 0 Å². The van der Waals surface area contributed by atoms with Crippen LogP contribution in [0.1, 0.15) is 45.6 Å². The molecule has 4 rings (SSSR count). The van der Waals surface area contributed by atoms with Crippen molar-refractivity contribution in [1.82, 2.24) is 9.80 Å². The number of nitrogens with zero attached hydrogens (tertiary/aromatic N) is 3. The first kappa shape index (κ1) is 24.6. The first-order valence-electron chi connectivity index (χ1n) is 12.6. The minimum Gasteiger partial charge on any atom is -0.497 e. The maximum Gasteiger partial charge on any atom is 0.115 e. The molecule has 2 aliphatic heterocycles. The molecule has 4 heteroatoms. The van der Waals surface area contributed by atoms with Crippen molar-refractivity contribution in [3.63, 3.8) is 0 Å². The van der Waals surface area contributed by atoms with Crippen molar-refractivity contribution in [2.24, 2.45) is 0 Å². The molecular weight excluding hydrogens is 394 g/mol. The van der Waals surface area contributed by atoms with E-state index in [9.17, 15) is 0 Å². The second kappa shape index (κ2) is 12.3. The van der Waals surface area contributed by atoms with Gasteiger partial charge in [-0.25, -0.2) is 0 Å². The van der Waals surface area contributed by atoms with Gasteiger partial charge in [-0.15, -0.1) is 0 Å². The first-order chi connectivity index (χ1) is 15.7. The van der Waals surface area contributed by atoms with Crippen LogP contribution in [0.2, 0.25) is 0 Å². The van der Waals surface area contributed by atoms with E-state index in [4.69, 9.17) is 4.74 Å². The van der Waals surface area contributed by atoms with E-state index in [1.165, 1.54) is 55.8 Å². The average Bonchev–Trinajstić information content (AvgIpc) is 3.11. The van der Waals surface area contributed by atoms with Gasteiger partial charge in [0.15, 0.2) is 0 Å². The van der Waals surface area contributed by atoms with Gasteiger partial charge >= 0.3 is 0 Å². The molecule has 1 aliphatic carbocycles. The Morgan fingerprint density at radius 2 is 1.59 bits per heavy atom. The molecule has 0 radical (unpaired) electrons. The van der Waals surface area contributed by atoms with Gasteiger partial charge in [-0.2, -0.15) is 0 Å². The van der Waals surface area contributed by atoms with Gasteiger partial charge in [-0.1, -0.05) is 44.2 Å². The average molecular weight is 438 g/mol. The maximum atomic E-state index is 5.39. The summed E-state index contributed by atoms with van der Waals surface area (Å²) in [6, 6.07) is 10.0. The number of aryl methyl sites for hydroxylation is 1. The van der Waals surface area contributed by atoms with Gasteiger partial charge in [-0.05, 0) is 62.5 Å². The van der Waals surface area contributed by atoms with Crippen LogP contribution in [0.4, 0.5) is 5.69 Å². The molecule has 0 N–H and O–H groups in total. The fraction of sp³-hybridized carbons (Fsp3) is 0.571. The number of ether oxygens (including phenoxy) is 1. The molecule has 0 bridgehead atoms. The molecular formula is C28H43N3O. The molecule has 0 spiro atoms. The van der Waals surface area contributed by atoms with Crippen LogP contribution in [0.5, 0.6) is 0 Å². The number of piperidine rings is 1. The molecule has 0 saturated carbocycles. The predicted molar refractivity (Wildman–Crippen MR) is 137 cm³/mol. The van der Waals surface area contributed by atoms with E-state index >= 15 is 0 Å². The zero-order valence-electron chi connectivity index (χ0n) is 20.9. The van der Waals surface area contributed by atoms with Gasteiger partial charge in [0.25, 0.3) is 0 Å². The summed E-state index contributed by atoms with van der Waals surface area (Å²) in [7, 11) is 1.75. The molecule has 32 heavy (non-hydrogen) atoms. The Morgan fingerprint density at radius 1 is 0.906 bits per heavy atom. The van der Waals surface area contributed by atoms with Crippen LogP contribution < -0.4 is 4.90 Å². The summed E-state index contributed by atoms with van der Waals surface area (Å²) in [6.45, 7) is 15.6. The van der Waals surface area contributed by atoms with Crippen LogP contribution in [-0.2, 0) is 4.74 Å². The summed E-state index contributed by atoms with van der Waals surface area (Å²) >= 11 is 0. The normalized spacial score (nSPS) is 21.7. The second-order valence-corrected chi connectivity index (χ2v) is 8.84. The van der Waals surface area contributed by atoms with E-state index in [0.717, 1.165) is 31.3 Å². The van der Waals surface area contributed by atoms with Crippen molar-refractivity contribution in [2.75, 3.05) is 51.3 Å². The van der Waals surface area contributed by atoms with E-state index < -0.39 is 0 Å². The highest BCUT2D eigenvalue weighted by Gasteiger charge is 2.29. The SMILES string of the molecule is CC.COC1=CCC=C(C(C)N2CCC(N3CCN(c4ccccc4C)CC3)CC2)C=C1. The lowest BCUT2D eigenvalue weighted by atomic mass is 9.98. The number of allylic oxidation sites excluding steroid dienone is 3. The van der Waals surface area contributed by atoms with Crippen molar-refractivity contribution in [2.45, 2.75) is 59.0 Å². The number of piperazine rings is 1. The van der Waals surface area contributed by atoms with Crippen molar-refractivity contribution in [1.29, 1.82) is 0 Å². The third-order valence-corrected chi connectivity index (χ3v) is 7.16. The Kier molecular flexibility index (Phi) is 9.43. The van der Waals surface area contributed by atoms with Gasteiger partial charge < -0.3 is 9.64 Å². The van der Waals surface area contributed by atoms with Crippen LogP contribution in [-0.4, -0.2) is 68.3 Å². The number of methoxy groups -OCH3 is 1. The molecule has 176 valence electrons. The van der Waals surface area contributed by atoms with Crippen molar-refractivity contribution in [3.05, 3.63) is 65.5 Å². The number of rotatable bonds is 5. The molecule has 1 aromatic carbocycles. The summed E-state index contributed by atoms with van der Waals surface area (Å²) in [5.74, 6) is 0.969. The summed E-state index contributed by atoms with van der Waals surface area (Å²) in [6.07, 6.45) is 12.4. The summed E-state index contributed by atoms with van der Waals surface area (Å²) in [5.41, 5.74) is 4.23. The van der Waals surface area contributed by atoms with Crippen LogP contribution >= 0.6 is 0 Å². The predicted octanol–water partition coefficient (Wildman–Crippen LogP) is 5.41. The fourth-order valence-corrected chi connectivity index (χ4v) is 5.18. The highest BCUT2D eigenvalue weighted by Crippen LogP contribution is 2.26. The highest BCUT2D eigenvalue weighted by atomic mass is 16.5. The maximum absolute atomic E-state index is 5.39. The Labute approximate surface area is 196 Å². The molecule has 4 nitrogen and oxygen atoms in total. The Bertz CT molecular complexity index is 797. The molecule has 3 aliphatic rings. The Balaban J connectivity index is 0.00000141. The molecule has 0 amide bonds. The second-order valence-electron chi connectivity index (χ2n) is 8.84. The monoisotopic (exact) mass is 437 g/mol. The first-order valence-corrected chi connectivity index (χ1v) is 12.6. The van der Waals surface area contributed by atoms with Gasteiger partial charge in [-0.3, -0.25) is 9.80 Å². The van der Waals surface area contributed by atoms with E-state index in [0.29, 0.717) is 6.04 Å². The number of anilines is 1. The van der Waals surface area contributed by atoms with Gasteiger partial charge in [0.1, 0.15) is 5.76 Å². The fourth-order valence-electron chi connectivity index (χ4n) is 5.18. The lowest BCUT2D eigenvalue weighted by molar-refractivity contribution is 0.0922. The summed E-state index contributed by atoms with van der Waals surface area (Å²) in [5, 5.41) is 0. The van der Waals surface area contributed by atoms with E-state index in [1.54, 1.807) is 7.11 Å². The summed E-state index contributed by atoms with van der Waals surface area (Å²) in [4.78, 5) is 7.97. The van der Waals surface area contributed by atoms with Crippen LogP contribution in [0.25, 0.3) is 0 Å². The number of hydrogen-bond acceptors (Lipinski definition) is 4. The minimum atomic E-state index is 0.477. The van der Waals surface area contributed by atoms with Gasteiger partial charge in [0.05, 0.1) is 7.11 Å². The van der Waals surface area contributed by atoms with Gasteiger partial charge in [0, 0.05) is 57.0 Å². The zero-order valence-corrected chi connectivity index (χ0v) is 20.9. The highest BCUT2D eigenvalue weighted by molar-refractivity contribution is 5.53. The van der Waals surface area contributed by atoms with Crippen LogP contribution in [0, 0.1) is 6.92 Å². The topological polar surface area (TPSA) is 19.0 Å². The zero-order chi connectivity index (χ0) is 22.9.